The number of aromatic amines is 1. The highest BCUT2D eigenvalue weighted by Gasteiger charge is 2.34. The molecular weight excluding hydrogens is 362 g/mol. The van der Waals surface area contributed by atoms with Crippen LogP contribution in [0.2, 0.25) is 0 Å². The molecule has 1 aliphatic heterocycles. The summed E-state index contributed by atoms with van der Waals surface area (Å²) < 4.78 is 0. The number of aromatic nitrogens is 1. The molecule has 2 amide bonds. The molecule has 0 bridgehead atoms. The van der Waals surface area contributed by atoms with Crippen LogP contribution in [-0.4, -0.2) is 34.8 Å². The van der Waals surface area contributed by atoms with Crippen molar-refractivity contribution in [2.45, 2.75) is 33.6 Å². The minimum Gasteiger partial charge on any atom is -0.361 e. The van der Waals surface area contributed by atoms with E-state index >= 15 is 0 Å². The van der Waals surface area contributed by atoms with Gasteiger partial charge in [-0.3, -0.25) is 9.59 Å². The standard InChI is InChI=1S/C24H27N3O2/c1-15-7-8-22-20(11-15)18(13-25-22)9-10-27-14-19(12-23(27)28)24(29)26-21-6-4-5-16(2)17(21)3/h4-8,11,13,19,25H,9-10,12,14H2,1-3H3,(H,26,29). The SMILES string of the molecule is Cc1ccc2[nH]cc(CCN3CC(C(=O)Nc4cccc(C)c4C)CC3=O)c2c1. The highest BCUT2D eigenvalue weighted by atomic mass is 16.2. The Morgan fingerprint density at radius 3 is 2.86 bits per heavy atom. The molecule has 0 spiro atoms. The van der Waals surface area contributed by atoms with Crippen molar-refractivity contribution in [1.29, 1.82) is 0 Å². The molecule has 0 saturated carbocycles. The van der Waals surface area contributed by atoms with Crippen LogP contribution in [0.25, 0.3) is 10.9 Å². The maximum atomic E-state index is 12.7. The van der Waals surface area contributed by atoms with Gasteiger partial charge in [0.15, 0.2) is 0 Å². The van der Waals surface area contributed by atoms with E-state index in [1.807, 2.05) is 43.1 Å². The van der Waals surface area contributed by atoms with E-state index in [0.717, 1.165) is 28.8 Å². The van der Waals surface area contributed by atoms with Gasteiger partial charge in [-0.1, -0.05) is 23.8 Å². The number of amides is 2. The first kappa shape index (κ1) is 19.2. The number of nitrogens with zero attached hydrogens (tertiary/aromatic N) is 1. The molecule has 1 atom stereocenters. The van der Waals surface area contributed by atoms with Crippen LogP contribution in [0, 0.1) is 26.7 Å². The molecule has 2 N–H and O–H groups in total. The zero-order chi connectivity index (χ0) is 20.5. The maximum Gasteiger partial charge on any atom is 0.229 e. The minimum atomic E-state index is -0.298. The van der Waals surface area contributed by atoms with Gasteiger partial charge in [0.2, 0.25) is 11.8 Å². The zero-order valence-electron chi connectivity index (χ0n) is 17.2. The second-order valence-corrected chi connectivity index (χ2v) is 8.09. The van der Waals surface area contributed by atoms with E-state index < -0.39 is 0 Å². The Balaban J connectivity index is 1.39. The number of H-pyrrole nitrogens is 1. The molecule has 0 radical (unpaired) electrons. The molecule has 150 valence electrons. The third-order valence-electron chi connectivity index (χ3n) is 6.02. The van der Waals surface area contributed by atoms with Crippen molar-refractivity contribution in [2.24, 2.45) is 5.92 Å². The fraction of sp³-hybridized carbons (Fsp3) is 0.333. The van der Waals surface area contributed by atoms with E-state index in [-0.39, 0.29) is 24.2 Å². The fourth-order valence-electron chi connectivity index (χ4n) is 4.04. The number of hydrogen-bond donors (Lipinski definition) is 2. The van der Waals surface area contributed by atoms with Crippen LogP contribution < -0.4 is 5.32 Å². The maximum absolute atomic E-state index is 12.7. The number of hydrogen-bond acceptors (Lipinski definition) is 2. The van der Waals surface area contributed by atoms with Crippen LogP contribution in [0.3, 0.4) is 0 Å². The predicted octanol–water partition coefficient (Wildman–Crippen LogP) is 4.12. The zero-order valence-corrected chi connectivity index (χ0v) is 17.2. The summed E-state index contributed by atoms with van der Waals surface area (Å²) in [6.07, 6.45) is 3.08. The molecule has 1 saturated heterocycles. The van der Waals surface area contributed by atoms with E-state index in [1.54, 1.807) is 0 Å². The number of anilines is 1. The summed E-state index contributed by atoms with van der Waals surface area (Å²) in [6, 6.07) is 12.2. The molecule has 2 heterocycles. The lowest BCUT2D eigenvalue weighted by molar-refractivity contribution is -0.128. The van der Waals surface area contributed by atoms with Gasteiger partial charge in [0, 0.05) is 42.3 Å². The molecule has 1 unspecified atom stereocenters. The summed E-state index contributed by atoms with van der Waals surface area (Å²) in [5.74, 6) is -0.313. The van der Waals surface area contributed by atoms with Gasteiger partial charge in [-0.2, -0.15) is 0 Å². The summed E-state index contributed by atoms with van der Waals surface area (Å²) >= 11 is 0. The van der Waals surface area contributed by atoms with Gasteiger partial charge in [0.1, 0.15) is 0 Å². The Bertz CT molecular complexity index is 1080. The first-order valence-electron chi connectivity index (χ1n) is 10.1. The average Bonchev–Trinajstić information content (AvgIpc) is 3.26. The van der Waals surface area contributed by atoms with Crippen molar-refractivity contribution in [2.75, 3.05) is 18.4 Å². The van der Waals surface area contributed by atoms with Gasteiger partial charge in [-0.15, -0.1) is 0 Å². The number of carbonyl (C=O) groups is 2. The Hall–Kier alpha value is -3.08. The molecule has 5 heteroatoms. The largest absolute Gasteiger partial charge is 0.361 e. The molecule has 1 aromatic heterocycles. The topological polar surface area (TPSA) is 65.2 Å². The second-order valence-electron chi connectivity index (χ2n) is 8.09. The molecule has 0 aliphatic carbocycles. The van der Waals surface area contributed by atoms with Crippen molar-refractivity contribution >= 4 is 28.4 Å². The first-order valence-corrected chi connectivity index (χ1v) is 10.1. The van der Waals surface area contributed by atoms with Gasteiger partial charge < -0.3 is 15.2 Å². The van der Waals surface area contributed by atoms with Crippen LogP contribution in [0.4, 0.5) is 5.69 Å². The fourth-order valence-corrected chi connectivity index (χ4v) is 4.04. The summed E-state index contributed by atoms with van der Waals surface area (Å²) in [4.78, 5) is 30.3. The third-order valence-corrected chi connectivity index (χ3v) is 6.02. The van der Waals surface area contributed by atoms with E-state index in [1.165, 1.54) is 16.5 Å². The number of nitrogens with one attached hydrogen (secondary N) is 2. The van der Waals surface area contributed by atoms with E-state index in [4.69, 9.17) is 0 Å². The Morgan fingerprint density at radius 2 is 2.03 bits per heavy atom. The van der Waals surface area contributed by atoms with E-state index in [0.29, 0.717) is 13.1 Å². The quantitative estimate of drug-likeness (QED) is 0.689. The first-order chi connectivity index (χ1) is 13.9. The average molecular weight is 389 g/mol. The van der Waals surface area contributed by atoms with Crippen molar-refractivity contribution in [1.82, 2.24) is 9.88 Å². The van der Waals surface area contributed by atoms with Gasteiger partial charge >= 0.3 is 0 Å². The Labute approximate surface area is 171 Å². The number of fused-ring (bicyclic) bond motifs is 1. The van der Waals surface area contributed by atoms with Crippen LogP contribution in [-0.2, 0) is 16.0 Å². The summed E-state index contributed by atoms with van der Waals surface area (Å²) in [5.41, 5.74) is 6.58. The van der Waals surface area contributed by atoms with Crippen LogP contribution in [0.5, 0.6) is 0 Å². The van der Waals surface area contributed by atoms with Gasteiger partial charge in [-0.25, -0.2) is 0 Å². The second kappa shape index (κ2) is 7.74. The lowest BCUT2D eigenvalue weighted by Gasteiger charge is -2.17. The molecule has 4 rings (SSSR count). The molecule has 1 fully saturated rings. The van der Waals surface area contributed by atoms with Crippen molar-refractivity contribution < 1.29 is 9.59 Å². The van der Waals surface area contributed by atoms with Crippen molar-refractivity contribution in [3.8, 4) is 0 Å². The highest BCUT2D eigenvalue weighted by molar-refractivity contribution is 5.97. The number of benzene rings is 2. The Kier molecular flexibility index (Phi) is 5.14. The summed E-state index contributed by atoms with van der Waals surface area (Å²) in [5, 5.41) is 4.22. The predicted molar refractivity (Wildman–Crippen MR) is 116 cm³/mol. The summed E-state index contributed by atoms with van der Waals surface area (Å²) in [7, 11) is 0. The van der Waals surface area contributed by atoms with Gasteiger partial charge in [0.25, 0.3) is 0 Å². The van der Waals surface area contributed by atoms with Crippen molar-refractivity contribution in [3.63, 3.8) is 0 Å². The normalized spacial score (nSPS) is 16.6. The highest BCUT2D eigenvalue weighted by Crippen LogP contribution is 2.24. The lowest BCUT2D eigenvalue weighted by atomic mass is 10.1. The number of aryl methyl sites for hydroxylation is 2. The van der Waals surface area contributed by atoms with Crippen LogP contribution in [0.1, 0.15) is 28.7 Å². The van der Waals surface area contributed by atoms with Crippen LogP contribution >= 0.6 is 0 Å². The lowest BCUT2D eigenvalue weighted by Crippen LogP contribution is -2.30. The van der Waals surface area contributed by atoms with Gasteiger partial charge in [-0.05, 0) is 62.1 Å². The molecule has 5 nitrogen and oxygen atoms in total. The molecule has 2 aromatic carbocycles. The molecule has 29 heavy (non-hydrogen) atoms. The third kappa shape index (κ3) is 3.90. The summed E-state index contributed by atoms with van der Waals surface area (Å²) in [6.45, 7) is 7.22. The minimum absolute atomic E-state index is 0.0575. The number of likely N-dealkylation sites (tertiary alicyclic amines) is 1. The van der Waals surface area contributed by atoms with Crippen molar-refractivity contribution in [3.05, 3.63) is 64.8 Å². The van der Waals surface area contributed by atoms with E-state index in [2.05, 4.69) is 35.4 Å². The molecular formula is C24H27N3O2. The number of rotatable bonds is 5. The van der Waals surface area contributed by atoms with Gasteiger partial charge in [0.05, 0.1) is 5.92 Å². The number of carbonyl (C=O) groups excluding carboxylic acids is 2. The smallest absolute Gasteiger partial charge is 0.229 e. The van der Waals surface area contributed by atoms with Crippen LogP contribution in [0.15, 0.2) is 42.6 Å². The monoisotopic (exact) mass is 389 g/mol. The van der Waals surface area contributed by atoms with E-state index in [9.17, 15) is 9.59 Å². The molecule has 3 aromatic rings. The molecule has 1 aliphatic rings. The Morgan fingerprint density at radius 1 is 1.21 bits per heavy atom.